The van der Waals surface area contributed by atoms with Gasteiger partial charge in [0.2, 0.25) is 5.95 Å². The Morgan fingerprint density at radius 1 is 1.31 bits per heavy atom. The molecule has 0 saturated heterocycles. The molecular formula is C18H17ClF3N5OS. The van der Waals surface area contributed by atoms with E-state index >= 15 is 0 Å². The first-order valence-corrected chi connectivity index (χ1v) is 9.63. The van der Waals surface area contributed by atoms with Crippen molar-refractivity contribution in [1.29, 1.82) is 0 Å². The molecule has 11 heteroatoms. The van der Waals surface area contributed by atoms with Gasteiger partial charge < -0.3 is 11.1 Å². The van der Waals surface area contributed by atoms with Crippen molar-refractivity contribution in [3.05, 3.63) is 52.8 Å². The normalized spacial score (nSPS) is 24.3. The highest BCUT2D eigenvalue weighted by atomic mass is 35.5. The fourth-order valence-corrected chi connectivity index (χ4v) is 4.42. The lowest BCUT2D eigenvalue weighted by atomic mass is 9.83. The number of nitrogens with zero attached hydrogens (tertiary/aromatic N) is 3. The van der Waals surface area contributed by atoms with Crippen LogP contribution in [0, 0.1) is 5.95 Å². The fourth-order valence-electron chi connectivity index (χ4n) is 3.14. The summed E-state index contributed by atoms with van der Waals surface area (Å²) >= 11 is 6.51. The van der Waals surface area contributed by atoms with Crippen molar-refractivity contribution < 1.29 is 18.0 Å². The summed E-state index contributed by atoms with van der Waals surface area (Å²) in [5, 5.41) is 2.85. The standard InChI is InChI=1S/C18H17ClF3N5OS/c1-17(8-18(2,15(21)22)29-16(23)27-17)11-5-10(7-25-13(11)20)26-14(28)12-4-3-9(19)6-24-12/h3-7,15H,8H2,1-2H3,(H2,23,27)(H,26,28)/t17-,18+/m0/s1. The van der Waals surface area contributed by atoms with E-state index in [0.717, 1.165) is 18.0 Å². The Bertz CT molecular complexity index is 974. The van der Waals surface area contributed by atoms with Gasteiger partial charge in [-0.25, -0.2) is 18.7 Å². The van der Waals surface area contributed by atoms with Crippen LogP contribution in [0.3, 0.4) is 0 Å². The van der Waals surface area contributed by atoms with Gasteiger partial charge in [0.15, 0.2) is 5.17 Å². The number of alkyl halides is 2. The van der Waals surface area contributed by atoms with E-state index in [1.807, 2.05) is 0 Å². The summed E-state index contributed by atoms with van der Waals surface area (Å²) in [6, 6.07) is 4.24. The number of hydrogen-bond acceptors (Lipinski definition) is 6. The van der Waals surface area contributed by atoms with Crippen LogP contribution in [-0.4, -0.2) is 32.2 Å². The second-order valence-corrected chi connectivity index (χ2v) is 8.99. The first-order chi connectivity index (χ1) is 13.5. The molecule has 1 aliphatic rings. The first-order valence-electron chi connectivity index (χ1n) is 8.44. The predicted molar refractivity (Wildman–Crippen MR) is 107 cm³/mol. The number of rotatable bonds is 4. The number of carbonyl (C=O) groups is 1. The lowest BCUT2D eigenvalue weighted by molar-refractivity contribution is 0.0892. The third-order valence-corrected chi connectivity index (χ3v) is 5.80. The molecule has 2 aromatic heterocycles. The van der Waals surface area contributed by atoms with E-state index in [-0.39, 0.29) is 28.5 Å². The van der Waals surface area contributed by atoms with Crippen molar-refractivity contribution in [1.82, 2.24) is 9.97 Å². The zero-order valence-corrected chi connectivity index (χ0v) is 17.0. The molecule has 1 aliphatic heterocycles. The predicted octanol–water partition coefficient (Wildman–Crippen LogP) is 4.21. The Balaban J connectivity index is 1.93. The number of pyridine rings is 2. The molecule has 29 heavy (non-hydrogen) atoms. The molecule has 0 aromatic carbocycles. The monoisotopic (exact) mass is 443 g/mol. The molecule has 0 saturated carbocycles. The summed E-state index contributed by atoms with van der Waals surface area (Å²) in [6.45, 7) is 2.86. The highest BCUT2D eigenvalue weighted by molar-refractivity contribution is 8.15. The van der Waals surface area contributed by atoms with Crippen LogP contribution in [0.4, 0.5) is 18.9 Å². The molecule has 3 heterocycles. The number of halogens is 4. The van der Waals surface area contributed by atoms with Crippen LogP contribution >= 0.6 is 23.4 Å². The van der Waals surface area contributed by atoms with Crippen molar-refractivity contribution >= 4 is 40.1 Å². The van der Waals surface area contributed by atoms with Crippen molar-refractivity contribution in [2.45, 2.75) is 37.0 Å². The van der Waals surface area contributed by atoms with Gasteiger partial charge in [0.1, 0.15) is 5.69 Å². The summed E-state index contributed by atoms with van der Waals surface area (Å²) in [5.74, 6) is -1.44. The van der Waals surface area contributed by atoms with E-state index in [9.17, 15) is 18.0 Å². The summed E-state index contributed by atoms with van der Waals surface area (Å²) in [6.07, 6.45) is -0.436. The zero-order chi connectivity index (χ0) is 21.4. The maximum absolute atomic E-state index is 14.5. The molecule has 3 rings (SSSR count). The summed E-state index contributed by atoms with van der Waals surface area (Å²) < 4.78 is 40.2. The van der Waals surface area contributed by atoms with Crippen LogP contribution in [0.5, 0.6) is 0 Å². The van der Waals surface area contributed by atoms with E-state index in [4.69, 9.17) is 17.3 Å². The molecule has 0 aliphatic carbocycles. The maximum atomic E-state index is 14.5. The lowest BCUT2D eigenvalue weighted by Crippen LogP contribution is -2.44. The second-order valence-electron chi connectivity index (χ2n) is 6.99. The molecule has 3 N–H and O–H groups in total. The Morgan fingerprint density at radius 2 is 2.03 bits per heavy atom. The van der Waals surface area contributed by atoms with Crippen molar-refractivity contribution in [3.8, 4) is 0 Å². The van der Waals surface area contributed by atoms with Gasteiger partial charge in [0.25, 0.3) is 12.3 Å². The number of hydrogen-bond donors (Lipinski definition) is 2. The molecule has 0 bridgehead atoms. The minimum atomic E-state index is -2.70. The second kappa shape index (κ2) is 7.83. The summed E-state index contributed by atoms with van der Waals surface area (Å²) in [5.41, 5.74) is 4.59. The molecule has 2 aromatic rings. The molecule has 0 radical (unpaired) electrons. The molecule has 0 unspecified atom stereocenters. The number of carbonyl (C=O) groups excluding carboxylic acids is 1. The highest BCUT2D eigenvalue weighted by Crippen LogP contribution is 2.48. The smallest absolute Gasteiger partial charge is 0.274 e. The number of amidine groups is 1. The number of anilines is 1. The van der Waals surface area contributed by atoms with E-state index in [0.29, 0.717) is 5.02 Å². The average Bonchev–Trinajstić information content (AvgIpc) is 2.62. The number of nitrogens with one attached hydrogen (secondary N) is 1. The van der Waals surface area contributed by atoms with E-state index in [1.165, 1.54) is 38.2 Å². The van der Waals surface area contributed by atoms with Crippen molar-refractivity contribution in [2.75, 3.05) is 5.32 Å². The zero-order valence-electron chi connectivity index (χ0n) is 15.4. The van der Waals surface area contributed by atoms with Gasteiger partial charge in [-0.1, -0.05) is 23.4 Å². The van der Waals surface area contributed by atoms with Gasteiger partial charge in [-0.15, -0.1) is 0 Å². The highest BCUT2D eigenvalue weighted by Gasteiger charge is 2.48. The molecule has 0 fully saturated rings. The molecule has 0 spiro atoms. The summed E-state index contributed by atoms with van der Waals surface area (Å²) in [7, 11) is 0. The number of aromatic nitrogens is 2. The maximum Gasteiger partial charge on any atom is 0.274 e. The van der Waals surface area contributed by atoms with Gasteiger partial charge >= 0.3 is 0 Å². The number of thioether (sulfide) groups is 1. The number of nitrogens with two attached hydrogens (primary N) is 1. The van der Waals surface area contributed by atoms with Crippen LogP contribution in [0.2, 0.25) is 5.02 Å². The minimum absolute atomic E-state index is 0.0468. The Kier molecular flexibility index (Phi) is 5.77. The lowest BCUT2D eigenvalue weighted by Gasteiger charge is -2.40. The van der Waals surface area contributed by atoms with Crippen LogP contribution < -0.4 is 11.1 Å². The number of amides is 1. The van der Waals surface area contributed by atoms with Crippen LogP contribution in [-0.2, 0) is 5.54 Å². The van der Waals surface area contributed by atoms with Gasteiger partial charge in [-0.05, 0) is 38.5 Å². The number of aliphatic imine (C=N–C) groups is 1. The Labute approximate surface area is 174 Å². The van der Waals surface area contributed by atoms with Gasteiger partial charge in [-0.3, -0.25) is 9.79 Å². The first kappa shape index (κ1) is 21.4. The molecule has 6 nitrogen and oxygen atoms in total. The minimum Gasteiger partial charge on any atom is -0.378 e. The molecule has 1 amide bonds. The van der Waals surface area contributed by atoms with Crippen molar-refractivity contribution in [2.24, 2.45) is 10.7 Å². The van der Waals surface area contributed by atoms with Crippen molar-refractivity contribution in [3.63, 3.8) is 0 Å². The average molecular weight is 444 g/mol. The Hall–Kier alpha value is -2.33. The van der Waals surface area contributed by atoms with E-state index < -0.39 is 28.6 Å². The van der Waals surface area contributed by atoms with Gasteiger partial charge in [0, 0.05) is 11.8 Å². The topological polar surface area (TPSA) is 93.3 Å². The van der Waals surface area contributed by atoms with E-state index in [1.54, 1.807) is 0 Å². The fraction of sp³-hybridized carbons (Fsp3) is 0.333. The largest absolute Gasteiger partial charge is 0.378 e. The quantitative estimate of drug-likeness (QED) is 0.690. The van der Waals surface area contributed by atoms with Gasteiger partial charge in [-0.2, -0.15) is 4.39 Å². The third kappa shape index (κ3) is 4.48. The van der Waals surface area contributed by atoms with Gasteiger partial charge in [0.05, 0.1) is 27.2 Å². The van der Waals surface area contributed by atoms with Crippen LogP contribution in [0.1, 0.15) is 36.3 Å². The molecule has 2 atom stereocenters. The third-order valence-electron chi connectivity index (χ3n) is 4.49. The van der Waals surface area contributed by atoms with Crippen LogP contribution in [0.15, 0.2) is 35.6 Å². The summed E-state index contributed by atoms with van der Waals surface area (Å²) in [4.78, 5) is 24.1. The molecular weight excluding hydrogens is 427 g/mol. The van der Waals surface area contributed by atoms with E-state index in [2.05, 4.69) is 20.3 Å². The molecule has 154 valence electrons. The van der Waals surface area contributed by atoms with Crippen LogP contribution in [0.25, 0.3) is 0 Å². The Morgan fingerprint density at radius 3 is 2.66 bits per heavy atom. The SMILES string of the molecule is C[C@]1(C(F)F)C[C@@](C)(c2cc(NC(=O)c3ccc(Cl)cn3)cnc2F)N=C(N)S1.